The number of hydrogen-bond acceptors (Lipinski definition) is 2. The fourth-order valence-corrected chi connectivity index (χ4v) is 2.47. The number of carbonyl (C=O) groups excluding carboxylic acids is 1. The lowest BCUT2D eigenvalue weighted by Crippen LogP contribution is -2.48. The number of halogens is 2. The summed E-state index contributed by atoms with van der Waals surface area (Å²) in [5.41, 5.74) is 0.494. The minimum Gasteiger partial charge on any atom is -0.356 e. The molecule has 0 heterocycles. The second kappa shape index (κ2) is 9.14. The average molecular weight is 373 g/mol. The highest BCUT2D eigenvalue weighted by atomic mass is 35.5. The van der Waals surface area contributed by atoms with Gasteiger partial charge in [-0.05, 0) is 38.5 Å². The van der Waals surface area contributed by atoms with Gasteiger partial charge in [0.15, 0.2) is 5.96 Å². The Balaban J connectivity index is 2.68. The van der Waals surface area contributed by atoms with E-state index in [1.54, 1.807) is 13.1 Å². The molecule has 0 aliphatic heterocycles. The van der Waals surface area contributed by atoms with Gasteiger partial charge in [0.2, 0.25) is 5.91 Å². The van der Waals surface area contributed by atoms with Gasteiger partial charge in [-0.25, -0.2) is 0 Å². The van der Waals surface area contributed by atoms with Crippen LogP contribution in [0.5, 0.6) is 0 Å². The molecule has 0 spiro atoms. The summed E-state index contributed by atoms with van der Waals surface area (Å²) in [5, 5.41) is 7.17. The molecule has 134 valence electrons. The van der Waals surface area contributed by atoms with Gasteiger partial charge in [0.25, 0.3) is 0 Å². The number of rotatable bonds is 6. The predicted octanol–water partition coefficient (Wildman–Crippen LogP) is 3.16. The normalized spacial score (nSPS) is 12.0. The van der Waals surface area contributed by atoms with Gasteiger partial charge in [-0.15, -0.1) is 0 Å². The van der Waals surface area contributed by atoms with E-state index in [2.05, 4.69) is 15.6 Å². The maximum atomic E-state index is 12.1. The largest absolute Gasteiger partial charge is 0.356 e. The van der Waals surface area contributed by atoms with Crippen LogP contribution in [0.2, 0.25) is 10.0 Å². The van der Waals surface area contributed by atoms with Crippen LogP contribution in [-0.4, -0.2) is 44.0 Å². The van der Waals surface area contributed by atoms with Crippen molar-refractivity contribution in [3.63, 3.8) is 0 Å². The maximum absolute atomic E-state index is 12.1. The molecule has 7 heteroatoms. The van der Waals surface area contributed by atoms with Crippen molar-refractivity contribution in [1.82, 2.24) is 15.5 Å². The highest BCUT2D eigenvalue weighted by Crippen LogP contribution is 2.23. The van der Waals surface area contributed by atoms with Crippen LogP contribution in [0.3, 0.4) is 0 Å². The molecule has 0 aromatic heterocycles. The summed E-state index contributed by atoms with van der Waals surface area (Å²) < 4.78 is 0. The van der Waals surface area contributed by atoms with Crippen molar-refractivity contribution in [1.29, 1.82) is 0 Å². The lowest BCUT2D eigenvalue weighted by Gasteiger charge is -2.28. The van der Waals surface area contributed by atoms with E-state index < -0.39 is 5.41 Å². The summed E-state index contributed by atoms with van der Waals surface area (Å²) in [4.78, 5) is 18.3. The Hall–Kier alpha value is -1.46. The topological polar surface area (TPSA) is 56.7 Å². The van der Waals surface area contributed by atoms with Gasteiger partial charge >= 0.3 is 0 Å². The van der Waals surface area contributed by atoms with E-state index in [1.807, 2.05) is 44.9 Å². The third kappa shape index (κ3) is 5.87. The number of benzene rings is 1. The van der Waals surface area contributed by atoms with Gasteiger partial charge in [-0.1, -0.05) is 29.3 Å². The van der Waals surface area contributed by atoms with Crippen molar-refractivity contribution in [3.8, 4) is 0 Å². The van der Waals surface area contributed by atoms with Crippen molar-refractivity contribution >= 4 is 35.1 Å². The van der Waals surface area contributed by atoms with Crippen LogP contribution in [0.25, 0.3) is 0 Å². The van der Waals surface area contributed by atoms with Gasteiger partial charge in [-0.2, -0.15) is 0 Å². The summed E-state index contributed by atoms with van der Waals surface area (Å²) in [6.45, 7) is 7.43. The van der Waals surface area contributed by atoms with Crippen LogP contribution >= 0.6 is 23.2 Å². The monoisotopic (exact) mass is 372 g/mol. The van der Waals surface area contributed by atoms with Crippen molar-refractivity contribution in [2.24, 2.45) is 10.4 Å². The molecule has 5 nitrogen and oxygen atoms in total. The fraction of sp³-hybridized carbons (Fsp3) is 0.529. The number of guanidine groups is 1. The molecule has 0 unspecified atom stereocenters. The number of amides is 1. The molecule has 0 radical (unpaired) electrons. The molecular weight excluding hydrogens is 347 g/mol. The van der Waals surface area contributed by atoms with E-state index in [0.29, 0.717) is 35.6 Å². The second-order valence-electron chi connectivity index (χ2n) is 6.25. The highest BCUT2D eigenvalue weighted by molar-refractivity contribution is 6.42. The Kier molecular flexibility index (Phi) is 7.84. The van der Waals surface area contributed by atoms with Crippen LogP contribution in [0.1, 0.15) is 26.3 Å². The lowest BCUT2D eigenvalue weighted by atomic mass is 9.92. The number of nitrogens with zero attached hydrogens (tertiary/aromatic N) is 2. The standard InChI is InChI=1S/C17H26Cl2N4O/c1-6-21-15(24)17(2,3)11-22-16(20-4)23(5)10-12-7-8-13(18)14(19)9-12/h7-9H,6,10-11H2,1-5H3,(H,20,22)(H,21,24). The zero-order valence-corrected chi connectivity index (χ0v) is 16.4. The second-order valence-corrected chi connectivity index (χ2v) is 7.06. The van der Waals surface area contributed by atoms with Crippen LogP contribution in [0, 0.1) is 5.41 Å². The molecule has 2 N–H and O–H groups in total. The number of aliphatic imine (C=N–C) groups is 1. The minimum atomic E-state index is -0.531. The van der Waals surface area contributed by atoms with Crippen molar-refractivity contribution < 1.29 is 4.79 Å². The molecule has 0 bridgehead atoms. The first-order valence-electron chi connectivity index (χ1n) is 7.85. The Morgan fingerprint density at radius 3 is 2.46 bits per heavy atom. The van der Waals surface area contributed by atoms with Gasteiger partial charge in [0.1, 0.15) is 0 Å². The molecule has 1 rings (SSSR count). The quantitative estimate of drug-likeness (QED) is 0.595. The third-order valence-corrected chi connectivity index (χ3v) is 4.36. The number of carbonyl (C=O) groups is 1. The zero-order chi connectivity index (χ0) is 18.3. The number of nitrogens with one attached hydrogen (secondary N) is 2. The van der Waals surface area contributed by atoms with Gasteiger partial charge in [-0.3, -0.25) is 9.79 Å². The summed E-state index contributed by atoms with van der Waals surface area (Å²) in [6.07, 6.45) is 0. The van der Waals surface area contributed by atoms with Crippen LogP contribution < -0.4 is 10.6 Å². The Morgan fingerprint density at radius 1 is 1.25 bits per heavy atom. The van der Waals surface area contributed by atoms with Gasteiger partial charge < -0.3 is 15.5 Å². The first kappa shape index (κ1) is 20.6. The maximum Gasteiger partial charge on any atom is 0.227 e. The molecule has 0 atom stereocenters. The Bertz CT molecular complexity index is 602. The van der Waals surface area contributed by atoms with E-state index in [1.165, 1.54) is 0 Å². The molecule has 24 heavy (non-hydrogen) atoms. The van der Waals surface area contributed by atoms with Crippen molar-refractivity contribution in [3.05, 3.63) is 33.8 Å². The third-order valence-electron chi connectivity index (χ3n) is 3.62. The van der Waals surface area contributed by atoms with E-state index in [-0.39, 0.29) is 5.91 Å². The van der Waals surface area contributed by atoms with Crippen molar-refractivity contribution in [2.75, 3.05) is 27.2 Å². The zero-order valence-electron chi connectivity index (χ0n) is 14.9. The summed E-state index contributed by atoms with van der Waals surface area (Å²) in [7, 11) is 3.64. The first-order chi connectivity index (χ1) is 11.2. The summed E-state index contributed by atoms with van der Waals surface area (Å²) in [6, 6.07) is 5.55. The SMILES string of the molecule is CCNC(=O)C(C)(C)CNC(=NC)N(C)Cc1ccc(Cl)c(Cl)c1. The Labute approximate surface area is 154 Å². The highest BCUT2D eigenvalue weighted by Gasteiger charge is 2.27. The van der Waals surface area contributed by atoms with E-state index >= 15 is 0 Å². The molecule has 0 saturated heterocycles. The number of hydrogen-bond donors (Lipinski definition) is 2. The van der Waals surface area contributed by atoms with Crippen LogP contribution in [0.15, 0.2) is 23.2 Å². The average Bonchev–Trinajstić information content (AvgIpc) is 2.51. The van der Waals surface area contributed by atoms with E-state index in [9.17, 15) is 4.79 Å². The molecular formula is C17H26Cl2N4O. The van der Waals surface area contributed by atoms with Crippen molar-refractivity contribution in [2.45, 2.75) is 27.3 Å². The summed E-state index contributed by atoms with van der Waals surface area (Å²) in [5.74, 6) is 0.721. The Morgan fingerprint density at radius 2 is 1.92 bits per heavy atom. The molecule has 1 amide bonds. The van der Waals surface area contributed by atoms with E-state index in [4.69, 9.17) is 23.2 Å². The van der Waals surface area contributed by atoms with Crippen LogP contribution in [0.4, 0.5) is 0 Å². The molecule has 0 fully saturated rings. The molecule has 0 saturated carbocycles. The molecule has 0 aliphatic rings. The fourth-order valence-electron chi connectivity index (χ4n) is 2.15. The first-order valence-corrected chi connectivity index (χ1v) is 8.61. The van der Waals surface area contributed by atoms with Crippen LogP contribution in [-0.2, 0) is 11.3 Å². The summed E-state index contributed by atoms with van der Waals surface area (Å²) >= 11 is 12.0. The van der Waals surface area contributed by atoms with Gasteiger partial charge in [0, 0.05) is 33.7 Å². The minimum absolute atomic E-state index is 0.0140. The lowest BCUT2D eigenvalue weighted by molar-refractivity contribution is -0.128. The van der Waals surface area contributed by atoms with E-state index in [0.717, 1.165) is 5.56 Å². The molecule has 0 aliphatic carbocycles. The predicted molar refractivity (Wildman–Crippen MR) is 102 cm³/mol. The molecule has 1 aromatic carbocycles. The molecule has 1 aromatic rings. The van der Waals surface area contributed by atoms with Gasteiger partial charge in [0.05, 0.1) is 15.5 Å². The smallest absolute Gasteiger partial charge is 0.227 e.